The quantitative estimate of drug-likeness (QED) is 0.770. The highest BCUT2D eigenvalue weighted by atomic mass is 16.5. The van der Waals surface area contributed by atoms with Gasteiger partial charge < -0.3 is 15.0 Å². The number of hydrogen-bond acceptors (Lipinski definition) is 3. The molecule has 0 spiro atoms. The van der Waals surface area contributed by atoms with E-state index < -0.39 is 0 Å². The van der Waals surface area contributed by atoms with Crippen LogP contribution in [-0.4, -0.2) is 49.7 Å². The first kappa shape index (κ1) is 16.4. The number of rotatable bonds is 7. The SMILES string of the molecule is CCC(CC)N(CCOC)C(=O)C1CC(C)CCN1. The number of nitrogens with one attached hydrogen (secondary N) is 1. The minimum absolute atomic E-state index is 0.00112. The molecule has 2 atom stereocenters. The summed E-state index contributed by atoms with van der Waals surface area (Å²) in [6.45, 7) is 8.81. The second kappa shape index (κ2) is 8.54. The Morgan fingerprint density at radius 1 is 1.42 bits per heavy atom. The van der Waals surface area contributed by atoms with E-state index in [-0.39, 0.29) is 11.9 Å². The normalized spacial score (nSPS) is 23.6. The lowest BCUT2D eigenvalue weighted by atomic mass is 9.93. The van der Waals surface area contributed by atoms with Crippen molar-refractivity contribution in [3.63, 3.8) is 0 Å². The fourth-order valence-electron chi connectivity index (χ4n) is 2.89. The van der Waals surface area contributed by atoms with Crippen LogP contribution in [0.2, 0.25) is 0 Å². The van der Waals surface area contributed by atoms with E-state index >= 15 is 0 Å². The first-order valence-corrected chi connectivity index (χ1v) is 7.66. The lowest BCUT2D eigenvalue weighted by Crippen LogP contribution is -2.53. The van der Waals surface area contributed by atoms with Crippen LogP contribution in [-0.2, 0) is 9.53 Å². The molecule has 2 unspecified atom stereocenters. The van der Waals surface area contributed by atoms with Crippen molar-refractivity contribution in [1.82, 2.24) is 10.2 Å². The first-order valence-electron chi connectivity index (χ1n) is 7.66. The van der Waals surface area contributed by atoms with Gasteiger partial charge in [-0.2, -0.15) is 0 Å². The van der Waals surface area contributed by atoms with Crippen molar-refractivity contribution in [2.75, 3.05) is 26.8 Å². The molecule has 0 saturated carbocycles. The van der Waals surface area contributed by atoms with Gasteiger partial charge in [0, 0.05) is 19.7 Å². The first-order chi connectivity index (χ1) is 9.13. The van der Waals surface area contributed by atoms with Crippen LogP contribution >= 0.6 is 0 Å². The molecule has 0 aliphatic carbocycles. The van der Waals surface area contributed by atoms with Crippen molar-refractivity contribution >= 4 is 5.91 Å². The van der Waals surface area contributed by atoms with E-state index in [1.54, 1.807) is 7.11 Å². The Labute approximate surface area is 117 Å². The molecule has 1 aliphatic heterocycles. The van der Waals surface area contributed by atoms with Gasteiger partial charge in [0.05, 0.1) is 12.6 Å². The second-order valence-electron chi connectivity index (χ2n) is 5.63. The number of carbonyl (C=O) groups is 1. The predicted octanol–water partition coefficient (Wildman–Crippen LogP) is 2.04. The van der Waals surface area contributed by atoms with E-state index in [1.807, 2.05) is 4.90 Å². The Morgan fingerprint density at radius 2 is 2.11 bits per heavy atom. The predicted molar refractivity (Wildman–Crippen MR) is 78.1 cm³/mol. The fourth-order valence-corrected chi connectivity index (χ4v) is 2.89. The molecule has 1 N–H and O–H groups in total. The van der Waals surface area contributed by atoms with Crippen molar-refractivity contribution in [3.8, 4) is 0 Å². The highest BCUT2D eigenvalue weighted by Gasteiger charge is 2.30. The van der Waals surface area contributed by atoms with E-state index in [2.05, 4.69) is 26.1 Å². The summed E-state index contributed by atoms with van der Waals surface area (Å²) in [5, 5.41) is 3.38. The molecule has 0 radical (unpaired) electrons. The van der Waals surface area contributed by atoms with E-state index in [0.717, 1.165) is 25.8 Å². The Morgan fingerprint density at radius 3 is 2.63 bits per heavy atom. The van der Waals surface area contributed by atoms with Gasteiger partial charge in [-0.25, -0.2) is 0 Å². The maximum Gasteiger partial charge on any atom is 0.240 e. The molecule has 4 nitrogen and oxygen atoms in total. The molecule has 112 valence electrons. The third kappa shape index (κ3) is 4.77. The van der Waals surface area contributed by atoms with Crippen LogP contribution in [0.3, 0.4) is 0 Å². The zero-order valence-electron chi connectivity index (χ0n) is 12.9. The minimum Gasteiger partial charge on any atom is -0.383 e. The number of piperidine rings is 1. The van der Waals surface area contributed by atoms with Gasteiger partial charge in [-0.05, 0) is 38.1 Å². The molecule has 0 aromatic carbocycles. The Balaban J connectivity index is 2.68. The largest absolute Gasteiger partial charge is 0.383 e. The van der Waals surface area contributed by atoms with Gasteiger partial charge in [-0.15, -0.1) is 0 Å². The van der Waals surface area contributed by atoms with Gasteiger partial charge in [-0.1, -0.05) is 20.8 Å². The molecule has 19 heavy (non-hydrogen) atoms. The molecule has 1 saturated heterocycles. The number of nitrogens with zero attached hydrogens (tertiary/aromatic N) is 1. The molecular formula is C15H30N2O2. The maximum absolute atomic E-state index is 12.7. The van der Waals surface area contributed by atoms with Gasteiger partial charge in [-0.3, -0.25) is 4.79 Å². The third-order valence-corrected chi connectivity index (χ3v) is 4.17. The summed E-state index contributed by atoms with van der Waals surface area (Å²) in [7, 11) is 1.69. The third-order valence-electron chi connectivity index (χ3n) is 4.17. The molecule has 0 bridgehead atoms. The van der Waals surface area contributed by atoms with E-state index in [9.17, 15) is 4.79 Å². The van der Waals surface area contributed by atoms with Crippen LogP contribution in [0.15, 0.2) is 0 Å². The standard InChI is InChI=1S/C15H30N2O2/c1-5-13(6-2)17(9-10-19-4)15(18)14-11-12(3)7-8-16-14/h12-14,16H,5-11H2,1-4H3. The van der Waals surface area contributed by atoms with Gasteiger partial charge in [0.1, 0.15) is 0 Å². The van der Waals surface area contributed by atoms with Crippen molar-refractivity contribution in [3.05, 3.63) is 0 Å². The summed E-state index contributed by atoms with van der Waals surface area (Å²) in [5.41, 5.74) is 0. The number of amides is 1. The Bertz CT molecular complexity index is 267. The van der Waals surface area contributed by atoms with Crippen LogP contribution in [0.4, 0.5) is 0 Å². The number of hydrogen-bond donors (Lipinski definition) is 1. The van der Waals surface area contributed by atoms with Crippen LogP contribution in [0.25, 0.3) is 0 Å². The lowest BCUT2D eigenvalue weighted by molar-refractivity contribution is -0.137. The van der Waals surface area contributed by atoms with Gasteiger partial charge >= 0.3 is 0 Å². The van der Waals surface area contributed by atoms with E-state index in [4.69, 9.17) is 4.74 Å². The summed E-state index contributed by atoms with van der Waals surface area (Å²) in [4.78, 5) is 14.7. The second-order valence-corrected chi connectivity index (χ2v) is 5.63. The van der Waals surface area contributed by atoms with Crippen molar-refractivity contribution in [2.24, 2.45) is 5.92 Å². The maximum atomic E-state index is 12.7. The molecule has 1 aliphatic rings. The minimum atomic E-state index is 0.00112. The van der Waals surface area contributed by atoms with Crippen LogP contribution < -0.4 is 5.32 Å². The number of carbonyl (C=O) groups excluding carboxylic acids is 1. The monoisotopic (exact) mass is 270 g/mol. The smallest absolute Gasteiger partial charge is 0.240 e. The molecule has 1 amide bonds. The zero-order valence-corrected chi connectivity index (χ0v) is 12.9. The number of methoxy groups -OCH3 is 1. The summed E-state index contributed by atoms with van der Waals surface area (Å²) < 4.78 is 5.16. The van der Waals surface area contributed by atoms with Crippen LogP contribution in [0.5, 0.6) is 0 Å². The van der Waals surface area contributed by atoms with Crippen molar-refractivity contribution in [2.45, 2.75) is 58.5 Å². The summed E-state index contributed by atoms with van der Waals surface area (Å²) in [6.07, 6.45) is 4.15. The van der Waals surface area contributed by atoms with Gasteiger partial charge in [0.2, 0.25) is 5.91 Å². The van der Waals surface area contributed by atoms with Crippen LogP contribution in [0.1, 0.15) is 46.5 Å². The highest BCUT2D eigenvalue weighted by Crippen LogP contribution is 2.19. The molecule has 1 fully saturated rings. The van der Waals surface area contributed by atoms with Gasteiger partial charge in [0.15, 0.2) is 0 Å². The molecular weight excluding hydrogens is 240 g/mol. The average Bonchev–Trinajstić information content (AvgIpc) is 2.43. The Hall–Kier alpha value is -0.610. The van der Waals surface area contributed by atoms with E-state index in [1.165, 1.54) is 6.42 Å². The molecule has 4 heteroatoms. The van der Waals surface area contributed by atoms with Crippen LogP contribution in [0, 0.1) is 5.92 Å². The average molecular weight is 270 g/mol. The summed E-state index contributed by atoms with van der Waals surface area (Å²) >= 11 is 0. The highest BCUT2D eigenvalue weighted by molar-refractivity contribution is 5.82. The van der Waals surface area contributed by atoms with Crippen molar-refractivity contribution < 1.29 is 9.53 Å². The topological polar surface area (TPSA) is 41.6 Å². The fraction of sp³-hybridized carbons (Fsp3) is 0.933. The summed E-state index contributed by atoms with van der Waals surface area (Å²) in [5.74, 6) is 0.901. The zero-order chi connectivity index (χ0) is 14.3. The molecule has 1 heterocycles. The van der Waals surface area contributed by atoms with Gasteiger partial charge in [0.25, 0.3) is 0 Å². The van der Waals surface area contributed by atoms with Crippen molar-refractivity contribution in [1.29, 1.82) is 0 Å². The lowest BCUT2D eigenvalue weighted by Gasteiger charge is -2.36. The Kier molecular flexibility index (Phi) is 7.39. The van der Waals surface area contributed by atoms with E-state index in [0.29, 0.717) is 25.1 Å². The number of ether oxygens (including phenoxy) is 1. The molecule has 0 aromatic rings. The summed E-state index contributed by atoms with van der Waals surface area (Å²) in [6, 6.07) is 0.336. The molecule has 0 aromatic heterocycles. The molecule has 1 rings (SSSR count).